The quantitative estimate of drug-likeness (QED) is 0.642. The molecule has 0 fully saturated rings. The van der Waals surface area contributed by atoms with Crippen molar-refractivity contribution in [1.82, 2.24) is 5.32 Å². The molecule has 15 heavy (non-hydrogen) atoms. The molecule has 88 valence electrons. The number of hydrogen-bond acceptors (Lipinski definition) is 4. The summed E-state index contributed by atoms with van der Waals surface area (Å²) < 4.78 is 4.49. The maximum Gasteiger partial charge on any atom is 0.328 e. The zero-order valence-corrected chi connectivity index (χ0v) is 9.79. The molecule has 0 spiro atoms. The molecule has 2 unspecified atom stereocenters. The van der Waals surface area contributed by atoms with Gasteiger partial charge in [0.05, 0.1) is 12.6 Å². The fourth-order valence-corrected chi connectivity index (χ4v) is 1.23. The molecule has 1 amide bonds. The van der Waals surface area contributed by atoms with Crippen LogP contribution in [0.5, 0.6) is 0 Å². The van der Waals surface area contributed by atoms with Gasteiger partial charge in [-0.05, 0) is 20.3 Å². The summed E-state index contributed by atoms with van der Waals surface area (Å²) in [6.45, 7) is 5.16. The van der Waals surface area contributed by atoms with Crippen LogP contribution in [-0.4, -0.2) is 30.6 Å². The lowest BCUT2D eigenvalue weighted by molar-refractivity contribution is -0.145. The van der Waals surface area contributed by atoms with Crippen LogP contribution in [0.25, 0.3) is 0 Å². The lowest BCUT2D eigenvalue weighted by atomic mass is 9.96. The molecule has 3 N–H and O–H groups in total. The van der Waals surface area contributed by atoms with Gasteiger partial charge in [0, 0.05) is 0 Å². The average molecular weight is 216 g/mol. The fraction of sp³-hybridized carbons (Fsp3) is 0.800. The maximum absolute atomic E-state index is 11.6. The Kier molecular flexibility index (Phi) is 5.28. The van der Waals surface area contributed by atoms with Crippen LogP contribution >= 0.6 is 0 Å². The van der Waals surface area contributed by atoms with Gasteiger partial charge in [-0.1, -0.05) is 13.3 Å². The van der Waals surface area contributed by atoms with Crippen molar-refractivity contribution in [3.63, 3.8) is 0 Å². The van der Waals surface area contributed by atoms with Crippen molar-refractivity contribution in [2.45, 2.75) is 45.2 Å². The average Bonchev–Trinajstić information content (AvgIpc) is 2.16. The summed E-state index contributed by atoms with van der Waals surface area (Å²) in [7, 11) is 1.28. The summed E-state index contributed by atoms with van der Waals surface area (Å²) in [5.74, 6) is -0.808. The molecule has 5 nitrogen and oxygen atoms in total. The molecule has 0 aromatic heterocycles. The van der Waals surface area contributed by atoms with Crippen molar-refractivity contribution >= 4 is 11.9 Å². The molecule has 0 aromatic carbocycles. The molecule has 0 aliphatic rings. The third kappa shape index (κ3) is 4.29. The van der Waals surface area contributed by atoms with E-state index in [4.69, 9.17) is 5.73 Å². The van der Waals surface area contributed by atoms with Gasteiger partial charge in [0.25, 0.3) is 0 Å². The second-order valence-corrected chi connectivity index (χ2v) is 3.89. The van der Waals surface area contributed by atoms with Crippen molar-refractivity contribution in [3.8, 4) is 0 Å². The Morgan fingerprint density at radius 2 is 2.07 bits per heavy atom. The molecule has 5 heteroatoms. The Balaban J connectivity index is 4.29. The van der Waals surface area contributed by atoms with E-state index in [1.807, 2.05) is 6.92 Å². The van der Waals surface area contributed by atoms with Gasteiger partial charge in [-0.25, -0.2) is 4.79 Å². The number of amides is 1. The number of esters is 1. The molecule has 0 aromatic rings. The monoisotopic (exact) mass is 216 g/mol. The minimum atomic E-state index is -0.934. The molecular formula is C10H20N2O3. The van der Waals surface area contributed by atoms with Crippen LogP contribution in [-0.2, 0) is 14.3 Å². The first-order chi connectivity index (χ1) is 6.85. The number of hydrogen-bond donors (Lipinski definition) is 2. The molecule has 0 rings (SSSR count). The van der Waals surface area contributed by atoms with Gasteiger partial charge in [-0.15, -0.1) is 0 Å². The Morgan fingerprint density at radius 1 is 1.53 bits per heavy atom. The predicted octanol–water partition coefficient (Wildman–Crippen LogP) is 0.182. The maximum atomic E-state index is 11.6. The second kappa shape index (κ2) is 5.70. The third-order valence-corrected chi connectivity index (χ3v) is 2.19. The Morgan fingerprint density at radius 3 is 2.47 bits per heavy atom. The second-order valence-electron chi connectivity index (χ2n) is 3.89. The zero-order valence-electron chi connectivity index (χ0n) is 9.79. The van der Waals surface area contributed by atoms with Crippen LogP contribution in [0, 0.1) is 0 Å². The van der Waals surface area contributed by atoms with Crippen LogP contribution in [0.2, 0.25) is 0 Å². The van der Waals surface area contributed by atoms with E-state index in [2.05, 4.69) is 10.1 Å². The van der Waals surface area contributed by atoms with Crippen LogP contribution in [0.15, 0.2) is 0 Å². The van der Waals surface area contributed by atoms with E-state index in [0.717, 1.165) is 6.42 Å². The highest BCUT2D eigenvalue weighted by Gasteiger charge is 2.29. The topological polar surface area (TPSA) is 81.4 Å². The molecule has 0 radical (unpaired) electrons. The molecule has 2 atom stereocenters. The number of rotatable bonds is 5. The highest BCUT2D eigenvalue weighted by Crippen LogP contribution is 2.08. The van der Waals surface area contributed by atoms with Crippen LogP contribution in [0.4, 0.5) is 0 Å². The van der Waals surface area contributed by atoms with Crippen molar-refractivity contribution in [2.24, 2.45) is 5.73 Å². The summed E-state index contributed by atoms with van der Waals surface area (Å²) in [5, 5.41) is 2.52. The minimum Gasteiger partial charge on any atom is -0.467 e. The summed E-state index contributed by atoms with van der Waals surface area (Å²) in [6, 6.07) is -0.665. The third-order valence-electron chi connectivity index (χ3n) is 2.19. The normalized spacial score (nSPS) is 16.3. The standard InChI is InChI=1S/C10H20N2O3/c1-5-6-10(3,11)9(14)12-7(2)8(13)15-4/h7H,5-6,11H2,1-4H3,(H,12,14). The number of carbonyl (C=O) groups is 2. The summed E-state index contributed by atoms with van der Waals surface area (Å²) in [5.41, 5.74) is 4.86. The summed E-state index contributed by atoms with van der Waals surface area (Å²) >= 11 is 0. The Hall–Kier alpha value is -1.10. The summed E-state index contributed by atoms with van der Waals surface area (Å²) in [4.78, 5) is 22.7. The van der Waals surface area contributed by atoms with E-state index >= 15 is 0 Å². The van der Waals surface area contributed by atoms with E-state index < -0.39 is 17.6 Å². The van der Waals surface area contributed by atoms with E-state index in [9.17, 15) is 9.59 Å². The van der Waals surface area contributed by atoms with Gasteiger partial charge in [0.2, 0.25) is 5.91 Å². The first-order valence-electron chi connectivity index (χ1n) is 5.02. The van der Waals surface area contributed by atoms with Gasteiger partial charge in [-0.2, -0.15) is 0 Å². The Labute approximate surface area is 90.4 Å². The molecule has 0 aliphatic heterocycles. The molecule has 0 saturated carbocycles. The Bertz CT molecular complexity index is 239. The fourth-order valence-electron chi connectivity index (χ4n) is 1.23. The number of methoxy groups -OCH3 is 1. The first kappa shape index (κ1) is 13.9. The van der Waals surface area contributed by atoms with E-state index in [-0.39, 0.29) is 5.91 Å². The van der Waals surface area contributed by atoms with Crippen molar-refractivity contribution in [3.05, 3.63) is 0 Å². The van der Waals surface area contributed by atoms with E-state index in [0.29, 0.717) is 6.42 Å². The van der Waals surface area contributed by atoms with Crippen LogP contribution < -0.4 is 11.1 Å². The van der Waals surface area contributed by atoms with Crippen LogP contribution in [0.3, 0.4) is 0 Å². The largest absolute Gasteiger partial charge is 0.467 e. The molecular weight excluding hydrogens is 196 g/mol. The number of carbonyl (C=O) groups excluding carboxylic acids is 2. The number of nitrogens with two attached hydrogens (primary N) is 1. The molecule has 0 aliphatic carbocycles. The highest BCUT2D eigenvalue weighted by atomic mass is 16.5. The van der Waals surface area contributed by atoms with Gasteiger partial charge in [0.1, 0.15) is 6.04 Å². The SMILES string of the molecule is CCCC(C)(N)C(=O)NC(C)C(=O)OC. The van der Waals surface area contributed by atoms with Crippen LogP contribution in [0.1, 0.15) is 33.6 Å². The number of ether oxygens (including phenoxy) is 1. The van der Waals surface area contributed by atoms with Gasteiger partial charge < -0.3 is 15.8 Å². The summed E-state index contributed by atoms with van der Waals surface area (Å²) in [6.07, 6.45) is 1.39. The molecule has 0 heterocycles. The zero-order chi connectivity index (χ0) is 12.1. The van der Waals surface area contributed by atoms with Crippen molar-refractivity contribution < 1.29 is 14.3 Å². The minimum absolute atomic E-state index is 0.331. The van der Waals surface area contributed by atoms with Gasteiger partial charge in [0.15, 0.2) is 0 Å². The lowest BCUT2D eigenvalue weighted by Crippen LogP contribution is -2.55. The smallest absolute Gasteiger partial charge is 0.328 e. The molecule has 0 saturated heterocycles. The highest BCUT2D eigenvalue weighted by molar-refractivity contribution is 5.89. The van der Waals surface area contributed by atoms with E-state index in [1.54, 1.807) is 13.8 Å². The first-order valence-corrected chi connectivity index (χ1v) is 5.02. The molecule has 0 bridgehead atoms. The lowest BCUT2D eigenvalue weighted by Gasteiger charge is -2.24. The predicted molar refractivity (Wildman–Crippen MR) is 57.1 cm³/mol. The van der Waals surface area contributed by atoms with Gasteiger partial charge >= 0.3 is 5.97 Å². The van der Waals surface area contributed by atoms with Crippen molar-refractivity contribution in [2.75, 3.05) is 7.11 Å². The van der Waals surface area contributed by atoms with Crippen molar-refractivity contribution in [1.29, 1.82) is 0 Å². The number of nitrogens with one attached hydrogen (secondary N) is 1. The van der Waals surface area contributed by atoms with Gasteiger partial charge in [-0.3, -0.25) is 4.79 Å². The van der Waals surface area contributed by atoms with E-state index in [1.165, 1.54) is 7.11 Å².